The van der Waals surface area contributed by atoms with Gasteiger partial charge in [-0.15, -0.1) is 0 Å². The molecule has 6 nitrogen and oxygen atoms in total. The number of ether oxygens (including phenoxy) is 1. The molecule has 100 valence electrons. The van der Waals surface area contributed by atoms with E-state index in [0.29, 0.717) is 24.1 Å². The summed E-state index contributed by atoms with van der Waals surface area (Å²) < 4.78 is 7.79. The highest BCUT2D eigenvalue weighted by Gasteiger charge is 2.20. The Morgan fingerprint density at radius 2 is 2.15 bits per heavy atom. The maximum Gasteiger partial charge on any atom is 0.146 e. The van der Waals surface area contributed by atoms with Crippen molar-refractivity contribution in [2.75, 3.05) is 12.3 Å². The maximum absolute atomic E-state index is 5.92. The monoisotopic (exact) mass is 287 g/mol. The van der Waals surface area contributed by atoms with Crippen molar-refractivity contribution in [3.05, 3.63) is 29.8 Å². The van der Waals surface area contributed by atoms with Crippen molar-refractivity contribution in [2.24, 2.45) is 0 Å². The van der Waals surface area contributed by atoms with Crippen LogP contribution in [0.15, 0.2) is 24.7 Å². The van der Waals surface area contributed by atoms with Crippen LogP contribution >= 0.6 is 11.6 Å². The normalized spacial score (nSPS) is 13.4. The molecule has 0 aromatic carbocycles. The number of hydrogen-bond acceptors (Lipinski definition) is 5. The van der Waals surface area contributed by atoms with Gasteiger partial charge in [0.2, 0.25) is 0 Å². The molecule has 0 amide bonds. The molecule has 1 aliphatic heterocycles. The van der Waals surface area contributed by atoms with Gasteiger partial charge in [0.1, 0.15) is 35.3 Å². The molecule has 0 radical (unpaired) electrons. The smallest absolute Gasteiger partial charge is 0.146 e. The molecule has 0 bridgehead atoms. The van der Waals surface area contributed by atoms with E-state index in [9.17, 15) is 0 Å². The van der Waals surface area contributed by atoms with Crippen molar-refractivity contribution in [1.82, 2.24) is 19.5 Å². The number of hydrogen-bond donors (Lipinski definition) is 1. The molecule has 3 aromatic rings. The number of anilines is 1. The van der Waals surface area contributed by atoms with Gasteiger partial charge in [-0.2, -0.15) is 0 Å². The Morgan fingerprint density at radius 3 is 3.05 bits per heavy atom. The number of nitrogens with zero attached hydrogens (tertiary/aromatic N) is 4. The van der Waals surface area contributed by atoms with E-state index in [2.05, 4.69) is 19.5 Å². The van der Waals surface area contributed by atoms with E-state index in [0.717, 1.165) is 28.0 Å². The Bertz CT molecular complexity index is 829. The number of pyridine rings is 1. The first-order chi connectivity index (χ1) is 9.74. The maximum atomic E-state index is 5.92. The molecule has 4 rings (SSSR count). The zero-order chi connectivity index (χ0) is 13.7. The summed E-state index contributed by atoms with van der Waals surface area (Å²) in [6.45, 7) is 1.22. The number of halogens is 1. The first-order valence-electron chi connectivity index (χ1n) is 6.12. The van der Waals surface area contributed by atoms with Crippen LogP contribution in [0.3, 0.4) is 0 Å². The first kappa shape index (κ1) is 11.5. The van der Waals surface area contributed by atoms with E-state index >= 15 is 0 Å². The molecule has 0 aliphatic carbocycles. The highest BCUT2D eigenvalue weighted by atomic mass is 35.5. The summed E-state index contributed by atoms with van der Waals surface area (Å²) in [5, 5.41) is 1.25. The minimum Gasteiger partial charge on any atom is -0.491 e. The van der Waals surface area contributed by atoms with Crippen LogP contribution in [0, 0.1) is 0 Å². The van der Waals surface area contributed by atoms with Crippen molar-refractivity contribution in [1.29, 1.82) is 0 Å². The molecule has 7 heteroatoms. The Morgan fingerprint density at radius 1 is 1.25 bits per heavy atom. The van der Waals surface area contributed by atoms with Crippen LogP contribution in [0.2, 0.25) is 5.15 Å². The first-order valence-corrected chi connectivity index (χ1v) is 6.50. The van der Waals surface area contributed by atoms with Crippen molar-refractivity contribution in [3.63, 3.8) is 0 Å². The van der Waals surface area contributed by atoms with E-state index in [-0.39, 0.29) is 0 Å². The van der Waals surface area contributed by atoms with Crippen LogP contribution in [-0.2, 0) is 6.54 Å². The summed E-state index contributed by atoms with van der Waals surface area (Å²) in [6.07, 6.45) is 3.18. The topological polar surface area (TPSA) is 78.8 Å². The predicted octanol–water partition coefficient (Wildman–Crippen LogP) is 2.12. The van der Waals surface area contributed by atoms with Crippen LogP contribution < -0.4 is 10.5 Å². The van der Waals surface area contributed by atoms with Crippen molar-refractivity contribution >= 4 is 28.5 Å². The van der Waals surface area contributed by atoms with Crippen molar-refractivity contribution in [3.8, 4) is 17.0 Å². The minimum atomic E-state index is 0.410. The lowest BCUT2D eigenvalue weighted by atomic mass is 10.2. The van der Waals surface area contributed by atoms with Gasteiger partial charge in [-0.25, -0.2) is 15.0 Å². The van der Waals surface area contributed by atoms with Gasteiger partial charge < -0.3 is 15.0 Å². The molecule has 4 heterocycles. The summed E-state index contributed by atoms with van der Waals surface area (Å²) in [5.41, 5.74) is 8.56. The van der Waals surface area contributed by atoms with Gasteiger partial charge in [-0.3, -0.25) is 0 Å². The van der Waals surface area contributed by atoms with Crippen LogP contribution in [0.4, 0.5) is 5.82 Å². The molecule has 0 saturated carbocycles. The van der Waals surface area contributed by atoms with Crippen LogP contribution in [0.25, 0.3) is 22.3 Å². The molecule has 2 N–H and O–H groups in total. The summed E-state index contributed by atoms with van der Waals surface area (Å²) in [5.74, 6) is 1.19. The lowest BCUT2D eigenvalue weighted by Crippen LogP contribution is -2.06. The fourth-order valence-corrected chi connectivity index (χ4v) is 2.65. The average Bonchev–Trinajstić information content (AvgIpc) is 2.71. The highest BCUT2D eigenvalue weighted by molar-refractivity contribution is 6.29. The molecule has 0 atom stereocenters. The van der Waals surface area contributed by atoms with Gasteiger partial charge in [-0.1, -0.05) is 11.6 Å². The molecular weight excluding hydrogens is 278 g/mol. The van der Waals surface area contributed by atoms with Crippen LogP contribution in [0.1, 0.15) is 0 Å². The van der Waals surface area contributed by atoms with Gasteiger partial charge in [0, 0.05) is 12.3 Å². The lowest BCUT2D eigenvalue weighted by Gasteiger charge is -2.05. The molecule has 0 fully saturated rings. The Hall–Kier alpha value is -2.34. The van der Waals surface area contributed by atoms with Gasteiger partial charge in [-0.05, 0) is 6.07 Å². The van der Waals surface area contributed by atoms with E-state index in [4.69, 9.17) is 22.1 Å². The molecule has 1 aliphatic rings. The van der Waals surface area contributed by atoms with Gasteiger partial charge in [0.25, 0.3) is 0 Å². The quantitative estimate of drug-likeness (QED) is 0.641. The van der Waals surface area contributed by atoms with E-state index in [1.165, 1.54) is 6.33 Å². The number of nitrogens with two attached hydrogens (primary N) is 1. The standard InChI is InChI=1S/C13H10ClN5O/c14-11-4-10-8(5-16-11)9-3-7-12(15)17-6-18-13(7)19(9)1-2-20-10/h3-6H,1-2H2,(H2,15,17,18). The van der Waals surface area contributed by atoms with Crippen LogP contribution in [-0.4, -0.2) is 26.1 Å². The van der Waals surface area contributed by atoms with Gasteiger partial charge in [0.15, 0.2) is 0 Å². The SMILES string of the molecule is Nc1ncnc2c1cc1n2CCOc2cc(Cl)ncc2-1. The van der Waals surface area contributed by atoms with E-state index < -0.39 is 0 Å². The molecule has 3 aromatic heterocycles. The second-order valence-corrected chi connectivity index (χ2v) is 4.92. The highest BCUT2D eigenvalue weighted by Crippen LogP contribution is 2.37. The largest absolute Gasteiger partial charge is 0.491 e. The van der Waals surface area contributed by atoms with Crippen molar-refractivity contribution < 1.29 is 4.74 Å². The summed E-state index contributed by atoms with van der Waals surface area (Å²) in [4.78, 5) is 12.5. The molecule has 0 unspecified atom stereocenters. The zero-order valence-electron chi connectivity index (χ0n) is 10.4. The summed E-state index contributed by atoms with van der Waals surface area (Å²) >= 11 is 5.92. The second-order valence-electron chi connectivity index (χ2n) is 4.53. The fraction of sp³-hybridized carbons (Fsp3) is 0.154. The summed E-state index contributed by atoms with van der Waals surface area (Å²) in [7, 11) is 0. The fourth-order valence-electron chi connectivity index (χ4n) is 2.50. The third-order valence-corrected chi connectivity index (χ3v) is 3.61. The Labute approximate surface area is 119 Å². The molecule has 0 saturated heterocycles. The second kappa shape index (κ2) is 4.08. The number of rotatable bonds is 0. The number of aromatic nitrogens is 4. The van der Waals surface area contributed by atoms with Gasteiger partial charge in [0.05, 0.1) is 23.2 Å². The van der Waals surface area contributed by atoms with E-state index in [1.807, 2.05) is 6.07 Å². The lowest BCUT2D eigenvalue weighted by molar-refractivity contribution is 0.308. The van der Waals surface area contributed by atoms with Gasteiger partial charge >= 0.3 is 0 Å². The third-order valence-electron chi connectivity index (χ3n) is 3.40. The molecule has 0 spiro atoms. The Kier molecular flexibility index (Phi) is 2.34. The van der Waals surface area contributed by atoms with Crippen LogP contribution in [0.5, 0.6) is 5.75 Å². The Balaban J connectivity index is 2.07. The predicted molar refractivity (Wildman–Crippen MR) is 75.7 cm³/mol. The van der Waals surface area contributed by atoms with Crippen molar-refractivity contribution in [2.45, 2.75) is 6.54 Å². The minimum absolute atomic E-state index is 0.410. The summed E-state index contributed by atoms with van der Waals surface area (Å²) in [6, 6.07) is 3.69. The van der Waals surface area contributed by atoms with E-state index in [1.54, 1.807) is 12.3 Å². The zero-order valence-corrected chi connectivity index (χ0v) is 11.1. The number of nitrogen functional groups attached to an aromatic ring is 1. The molecular formula is C13H10ClN5O. The number of fused-ring (bicyclic) bond motifs is 5. The molecule has 20 heavy (non-hydrogen) atoms. The third kappa shape index (κ3) is 1.55. The average molecular weight is 288 g/mol.